The molecule has 2 aromatic carbocycles. The Morgan fingerprint density at radius 3 is 2.65 bits per heavy atom. The fourth-order valence-electron chi connectivity index (χ4n) is 4.65. The van der Waals surface area contributed by atoms with Crippen molar-refractivity contribution in [2.45, 2.75) is 32.4 Å². The smallest absolute Gasteiger partial charge is 0.225 e. The van der Waals surface area contributed by atoms with Gasteiger partial charge in [0.1, 0.15) is 0 Å². The summed E-state index contributed by atoms with van der Waals surface area (Å²) in [7, 11) is 0. The second kappa shape index (κ2) is 7.41. The van der Waals surface area contributed by atoms with E-state index in [-0.39, 0.29) is 0 Å². The van der Waals surface area contributed by atoms with Gasteiger partial charge in [-0.2, -0.15) is 0 Å². The van der Waals surface area contributed by atoms with Crippen LogP contribution in [-0.2, 0) is 17.9 Å². The maximum absolute atomic E-state index is 12.3. The minimum Gasteiger partial charge on any atom is -0.342 e. The van der Waals surface area contributed by atoms with E-state index in [2.05, 4.69) is 63.0 Å². The second-order valence-corrected chi connectivity index (χ2v) is 8.86. The molecule has 1 atom stereocenters. The summed E-state index contributed by atoms with van der Waals surface area (Å²) >= 11 is 0. The van der Waals surface area contributed by atoms with Gasteiger partial charge in [0.25, 0.3) is 0 Å². The summed E-state index contributed by atoms with van der Waals surface area (Å²) in [5, 5.41) is 12.4. The molecule has 0 unspecified atom stereocenters. The van der Waals surface area contributed by atoms with Gasteiger partial charge in [-0.3, -0.25) is 9.79 Å². The van der Waals surface area contributed by atoms with Crippen LogP contribution in [0.2, 0.25) is 0 Å². The predicted octanol–water partition coefficient (Wildman–Crippen LogP) is 3.20. The van der Waals surface area contributed by atoms with E-state index in [1.807, 2.05) is 15.8 Å². The molecule has 0 spiro atoms. The highest BCUT2D eigenvalue weighted by molar-refractivity contribution is 5.86. The molecule has 2 aliphatic heterocycles. The molecule has 0 bridgehead atoms. The molecule has 3 aromatic rings. The Kier molecular flexibility index (Phi) is 4.40. The Balaban J connectivity index is 1.17. The molecule has 0 N–H and O–H groups in total. The quantitative estimate of drug-likeness (QED) is 0.645. The number of aliphatic imine (C=N–C) groups is 1. The van der Waals surface area contributed by atoms with Crippen molar-refractivity contribution in [2.75, 3.05) is 13.1 Å². The Labute approximate surface area is 180 Å². The maximum Gasteiger partial charge on any atom is 0.225 e. The van der Waals surface area contributed by atoms with Crippen LogP contribution >= 0.6 is 0 Å². The van der Waals surface area contributed by atoms with E-state index in [0.29, 0.717) is 17.7 Å². The first kappa shape index (κ1) is 18.4. The summed E-state index contributed by atoms with van der Waals surface area (Å²) in [6.07, 6.45) is 5.07. The number of carbonyl (C=O) groups excluding carboxylic acids is 1. The van der Waals surface area contributed by atoms with Crippen molar-refractivity contribution in [3.05, 3.63) is 53.6 Å². The third-order valence-corrected chi connectivity index (χ3v) is 6.60. The van der Waals surface area contributed by atoms with E-state index in [9.17, 15) is 4.79 Å². The fraction of sp³-hybridized carbons (Fsp3) is 0.375. The minimum absolute atomic E-state index is 0.291. The van der Waals surface area contributed by atoms with Crippen molar-refractivity contribution >= 4 is 12.1 Å². The molecule has 156 valence electrons. The molecule has 7 heteroatoms. The van der Waals surface area contributed by atoms with Gasteiger partial charge in [-0.25, -0.2) is 4.68 Å². The molecule has 2 fully saturated rings. The number of likely N-dealkylation sites (tertiary alicyclic amines) is 1. The average Bonchev–Trinajstić information content (AvgIpc) is 3.17. The van der Waals surface area contributed by atoms with Crippen LogP contribution in [0.5, 0.6) is 0 Å². The maximum atomic E-state index is 12.3. The van der Waals surface area contributed by atoms with E-state index in [0.717, 1.165) is 56.8 Å². The van der Waals surface area contributed by atoms with Crippen LogP contribution in [0.1, 0.15) is 30.4 Å². The lowest BCUT2D eigenvalue weighted by atomic mass is 9.99. The van der Waals surface area contributed by atoms with Crippen molar-refractivity contribution in [3.8, 4) is 22.5 Å². The number of aromatic nitrogens is 4. The molecule has 1 aliphatic carbocycles. The number of rotatable bonds is 5. The summed E-state index contributed by atoms with van der Waals surface area (Å²) in [6.45, 7) is 3.18. The number of nitrogens with zero attached hydrogens (tertiary/aromatic N) is 6. The Morgan fingerprint density at radius 1 is 1.00 bits per heavy atom. The van der Waals surface area contributed by atoms with Gasteiger partial charge >= 0.3 is 0 Å². The highest BCUT2D eigenvalue weighted by Gasteiger charge is 2.36. The molecule has 31 heavy (non-hydrogen) atoms. The summed E-state index contributed by atoms with van der Waals surface area (Å²) in [4.78, 5) is 18.7. The van der Waals surface area contributed by atoms with Gasteiger partial charge in [0, 0.05) is 37.3 Å². The number of carbonyl (C=O) groups is 1. The summed E-state index contributed by atoms with van der Waals surface area (Å²) in [5.41, 5.74) is 5.85. The van der Waals surface area contributed by atoms with E-state index in [1.165, 1.54) is 22.3 Å². The van der Waals surface area contributed by atoms with Crippen LogP contribution < -0.4 is 0 Å². The SMILES string of the molecule is O=C(C1CC1)N1CC[C@@H](Cn2nnnc2-c2ccc(-c3ccc4c(c3)CN=C4)cc2)C1. The van der Waals surface area contributed by atoms with Crippen molar-refractivity contribution < 1.29 is 4.79 Å². The number of benzene rings is 2. The Hall–Kier alpha value is -3.35. The highest BCUT2D eigenvalue weighted by atomic mass is 16.2. The van der Waals surface area contributed by atoms with Crippen molar-refractivity contribution in [1.82, 2.24) is 25.1 Å². The average molecular weight is 412 g/mol. The minimum atomic E-state index is 0.291. The standard InChI is InChI=1S/C24H24N6O/c31-24(19-5-6-19)29-10-9-16(14-29)15-30-23(26-27-28-30)18-3-1-17(2-4-18)20-7-8-21-12-25-13-22(21)11-20/h1-4,7-8,11-12,16,19H,5-6,9-10,13-15H2/t16-/m1/s1. The molecule has 6 rings (SSSR count). The highest BCUT2D eigenvalue weighted by Crippen LogP contribution is 2.33. The zero-order chi connectivity index (χ0) is 20.8. The molecule has 1 aromatic heterocycles. The summed E-state index contributed by atoms with van der Waals surface area (Å²) in [5.74, 6) is 1.81. The number of fused-ring (bicyclic) bond motifs is 1. The normalized spacial score (nSPS) is 19.7. The zero-order valence-electron chi connectivity index (χ0n) is 17.3. The molecular weight excluding hydrogens is 388 g/mol. The van der Waals surface area contributed by atoms with Gasteiger partial charge in [0.05, 0.1) is 6.54 Å². The third kappa shape index (κ3) is 3.54. The summed E-state index contributed by atoms with van der Waals surface area (Å²) in [6, 6.07) is 14.9. The first-order chi connectivity index (χ1) is 15.2. The van der Waals surface area contributed by atoms with Crippen molar-refractivity contribution in [1.29, 1.82) is 0 Å². The zero-order valence-corrected chi connectivity index (χ0v) is 17.3. The largest absolute Gasteiger partial charge is 0.342 e. The lowest BCUT2D eigenvalue weighted by molar-refractivity contribution is -0.131. The first-order valence-electron chi connectivity index (χ1n) is 11.0. The van der Waals surface area contributed by atoms with Crippen LogP contribution in [-0.4, -0.2) is 50.3 Å². The Morgan fingerprint density at radius 2 is 1.81 bits per heavy atom. The van der Waals surface area contributed by atoms with E-state index in [1.54, 1.807) is 0 Å². The van der Waals surface area contributed by atoms with Gasteiger partial charge < -0.3 is 4.90 Å². The van der Waals surface area contributed by atoms with E-state index in [4.69, 9.17) is 0 Å². The number of hydrogen-bond acceptors (Lipinski definition) is 5. The third-order valence-electron chi connectivity index (χ3n) is 6.60. The topological polar surface area (TPSA) is 76.3 Å². The van der Waals surface area contributed by atoms with E-state index >= 15 is 0 Å². The lowest BCUT2D eigenvalue weighted by Gasteiger charge is -2.16. The summed E-state index contributed by atoms with van der Waals surface area (Å²) < 4.78 is 1.89. The Bertz CT molecular complexity index is 1160. The molecule has 1 amide bonds. The van der Waals surface area contributed by atoms with Crippen LogP contribution in [0.4, 0.5) is 0 Å². The number of amides is 1. The molecule has 0 radical (unpaired) electrons. The number of hydrogen-bond donors (Lipinski definition) is 0. The molecule has 1 saturated carbocycles. The number of tetrazole rings is 1. The van der Waals surface area contributed by atoms with Gasteiger partial charge in [-0.05, 0) is 63.9 Å². The van der Waals surface area contributed by atoms with Crippen LogP contribution in [0.25, 0.3) is 22.5 Å². The van der Waals surface area contributed by atoms with Gasteiger partial charge in [0.2, 0.25) is 5.91 Å². The van der Waals surface area contributed by atoms with Crippen LogP contribution in [0.15, 0.2) is 47.5 Å². The molecule has 1 saturated heterocycles. The molecular formula is C24H24N6O. The molecule has 3 aliphatic rings. The lowest BCUT2D eigenvalue weighted by Crippen LogP contribution is -2.30. The first-order valence-corrected chi connectivity index (χ1v) is 11.0. The van der Waals surface area contributed by atoms with E-state index < -0.39 is 0 Å². The van der Waals surface area contributed by atoms with Crippen LogP contribution in [0, 0.1) is 11.8 Å². The van der Waals surface area contributed by atoms with Crippen LogP contribution in [0.3, 0.4) is 0 Å². The van der Waals surface area contributed by atoms with Crippen molar-refractivity contribution in [3.63, 3.8) is 0 Å². The monoisotopic (exact) mass is 412 g/mol. The van der Waals surface area contributed by atoms with Crippen molar-refractivity contribution in [2.24, 2.45) is 16.8 Å². The van der Waals surface area contributed by atoms with Gasteiger partial charge in [-0.15, -0.1) is 5.10 Å². The second-order valence-electron chi connectivity index (χ2n) is 8.86. The molecule has 7 nitrogen and oxygen atoms in total. The molecule has 3 heterocycles. The predicted molar refractivity (Wildman–Crippen MR) is 117 cm³/mol. The van der Waals surface area contributed by atoms with Gasteiger partial charge in [-0.1, -0.05) is 36.4 Å². The van der Waals surface area contributed by atoms with Gasteiger partial charge in [0.15, 0.2) is 5.82 Å². The fourth-order valence-corrected chi connectivity index (χ4v) is 4.65.